The summed E-state index contributed by atoms with van der Waals surface area (Å²) in [6.07, 6.45) is 4.52. The summed E-state index contributed by atoms with van der Waals surface area (Å²) < 4.78 is 6.30. The number of nitro benzene ring substituents is 1. The van der Waals surface area contributed by atoms with Gasteiger partial charge in [0.2, 0.25) is 5.75 Å². The molecule has 0 saturated heterocycles. The van der Waals surface area contributed by atoms with Gasteiger partial charge in [-0.25, -0.2) is 0 Å². The highest BCUT2D eigenvalue weighted by molar-refractivity contribution is 9.10. The molecule has 0 aliphatic heterocycles. The number of ether oxygens (including phenoxy) is 1. The highest BCUT2D eigenvalue weighted by Crippen LogP contribution is 2.43. The van der Waals surface area contributed by atoms with Crippen molar-refractivity contribution in [2.24, 2.45) is 5.41 Å². The number of alkyl halides is 1. The van der Waals surface area contributed by atoms with Gasteiger partial charge in [-0.2, -0.15) is 0 Å². The molecule has 0 heterocycles. The van der Waals surface area contributed by atoms with Gasteiger partial charge in [0.05, 0.1) is 16.0 Å². The highest BCUT2D eigenvalue weighted by Gasteiger charge is 2.34. The second-order valence-electron chi connectivity index (χ2n) is 5.12. The Balaban J connectivity index is 2.22. The number of rotatable bonds is 5. The van der Waals surface area contributed by atoms with E-state index in [1.807, 2.05) is 0 Å². The molecular formula is C13H14Br2ClNO3. The topological polar surface area (TPSA) is 52.4 Å². The van der Waals surface area contributed by atoms with E-state index in [1.165, 1.54) is 18.9 Å². The molecule has 20 heavy (non-hydrogen) atoms. The third kappa shape index (κ3) is 3.46. The first kappa shape index (κ1) is 16.0. The van der Waals surface area contributed by atoms with Crippen LogP contribution in [0.2, 0.25) is 5.02 Å². The van der Waals surface area contributed by atoms with Gasteiger partial charge in [0.1, 0.15) is 0 Å². The molecule has 1 saturated carbocycles. The number of nitro groups is 1. The quantitative estimate of drug-likeness (QED) is 0.362. The van der Waals surface area contributed by atoms with Gasteiger partial charge < -0.3 is 4.74 Å². The van der Waals surface area contributed by atoms with Gasteiger partial charge in [0.25, 0.3) is 0 Å². The fourth-order valence-corrected chi connectivity index (χ4v) is 4.12. The maximum Gasteiger partial charge on any atom is 0.313 e. The van der Waals surface area contributed by atoms with E-state index in [4.69, 9.17) is 16.3 Å². The molecule has 0 unspecified atom stereocenters. The van der Waals surface area contributed by atoms with E-state index in [2.05, 4.69) is 31.9 Å². The number of nitrogens with zero attached hydrogens (tertiary/aromatic N) is 1. The molecule has 1 aliphatic rings. The molecule has 7 heteroatoms. The predicted molar refractivity (Wildman–Crippen MR) is 86.0 cm³/mol. The number of benzene rings is 1. The molecule has 1 aliphatic carbocycles. The zero-order valence-corrected chi connectivity index (χ0v) is 14.6. The molecule has 110 valence electrons. The Kier molecular flexibility index (Phi) is 5.31. The molecule has 0 bridgehead atoms. The van der Waals surface area contributed by atoms with Crippen LogP contribution in [0.5, 0.6) is 5.75 Å². The van der Waals surface area contributed by atoms with Crippen LogP contribution in [-0.4, -0.2) is 16.9 Å². The van der Waals surface area contributed by atoms with Crippen LogP contribution in [0.3, 0.4) is 0 Å². The Bertz CT molecular complexity index is 519. The average Bonchev–Trinajstić information content (AvgIpc) is 2.86. The van der Waals surface area contributed by atoms with Crippen molar-refractivity contribution in [1.29, 1.82) is 0 Å². The molecule has 0 radical (unpaired) electrons. The maximum atomic E-state index is 11.1. The molecule has 1 aromatic carbocycles. The first-order valence-corrected chi connectivity index (χ1v) is 8.59. The monoisotopic (exact) mass is 425 g/mol. The van der Waals surface area contributed by atoms with Crippen LogP contribution in [0, 0.1) is 15.5 Å². The molecule has 0 aromatic heterocycles. The van der Waals surface area contributed by atoms with E-state index >= 15 is 0 Å². The Morgan fingerprint density at radius 3 is 2.60 bits per heavy atom. The summed E-state index contributed by atoms with van der Waals surface area (Å²) >= 11 is 12.7. The second kappa shape index (κ2) is 6.62. The molecular weight excluding hydrogens is 413 g/mol. The number of hydrogen-bond acceptors (Lipinski definition) is 3. The number of halogens is 3. The summed E-state index contributed by atoms with van der Waals surface area (Å²) in [6.45, 7) is 0.472. The van der Waals surface area contributed by atoms with Crippen LogP contribution in [0.1, 0.15) is 25.7 Å². The molecule has 0 spiro atoms. The summed E-state index contributed by atoms with van der Waals surface area (Å²) in [7, 11) is 0. The van der Waals surface area contributed by atoms with Crippen molar-refractivity contribution in [1.82, 2.24) is 0 Å². The van der Waals surface area contributed by atoms with E-state index in [-0.39, 0.29) is 16.9 Å². The average molecular weight is 428 g/mol. The lowest BCUT2D eigenvalue weighted by Gasteiger charge is -2.26. The largest absolute Gasteiger partial charge is 0.485 e. The predicted octanol–water partition coefficient (Wildman–Crippen LogP) is 5.34. The molecule has 1 fully saturated rings. The SMILES string of the molecule is O=[N+]([O-])c1cc(Cl)cc(Br)c1OCC1(CBr)CCCC1. The fraction of sp³-hybridized carbons (Fsp3) is 0.538. The summed E-state index contributed by atoms with van der Waals surface area (Å²) in [4.78, 5) is 10.6. The standard InChI is InChI=1S/C13H14Br2ClNO3/c14-7-13(3-1-2-4-13)8-20-12-10(15)5-9(16)6-11(12)17(18)19/h5-6H,1-4,7-8H2. The van der Waals surface area contributed by atoms with Gasteiger partial charge in [-0.1, -0.05) is 40.4 Å². The third-order valence-corrected chi connectivity index (χ3v) is 5.65. The van der Waals surface area contributed by atoms with Gasteiger partial charge >= 0.3 is 5.69 Å². The summed E-state index contributed by atoms with van der Waals surface area (Å²) in [6, 6.07) is 2.93. The van der Waals surface area contributed by atoms with Crippen LogP contribution in [-0.2, 0) is 0 Å². The summed E-state index contributed by atoms with van der Waals surface area (Å²) in [5.74, 6) is 0.256. The van der Waals surface area contributed by atoms with Crippen LogP contribution in [0.15, 0.2) is 16.6 Å². The highest BCUT2D eigenvalue weighted by atomic mass is 79.9. The van der Waals surface area contributed by atoms with Gasteiger partial charge in [-0.3, -0.25) is 10.1 Å². The van der Waals surface area contributed by atoms with Crippen LogP contribution >= 0.6 is 43.5 Å². The Morgan fingerprint density at radius 2 is 2.05 bits per heavy atom. The maximum absolute atomic E-state index is 11.1. The second-order valence-corrected chi connectivity index (χ2v) is 6.97. The van der Waals surface area contributed by atoms with Crippen LogP contribution < -0.4 is 4.74 Å². The smallest absolute Gasteiger partial charge is 0.313 e. The molecule has 4 nitrogen and oxygen atoms in total. The van der Waals surface area contributed by atoms with E-state index in [9.17, 15) is 10.1 Å². The zero-order chi connectivity index (χ0) is 14.8. The Hall–Kier alpha value is -0.330. The van der Waals surface area contributed by atoms with E-state index in [0.717, 1.165) is 18.2 Å². The first-order valence-electron chi connectivity index (χ1n) is 6.30. The third-order valence-electron chi connectivity index (χ3n) is 3.66. The van der Waals surface area contributed by atoms with Crippen molar-refractivity contribution >= 4 is 49.1 Å². The molecule has 2 rings (SSSR count). The Labute approximate surface area is 139 Å². The summed E-state index contributed by atoms with van der Waals surface area (Å²) in [5, 5.41) is 12.3. The van der Waals surface area contributed by atoms with Gasteiger partial charge in [0, 0.05) is 21.8 Å². The van der Waals surface area contributed by atoms with Crippen molar-refractivity contribution in [3.05, 3.63) is 31.7 Å². The minimum absolute atomic E-state index is 0.0763. The Morgan fingerprint density at radius 1 is 1.40 bits per heavy atom. The van der Waals surface area contributed by atoms with E-state index < -0.39 is 4.92 Å². The van der Waals surface area contributed by atoms with E-state index in [1.54, 1.807) is 6.07 Å². The van der Waals surface area contributed by atoms with Gasteiger partial charge in [-0.05, 0) is 34.8 Å². The van der Waals surface area contributed by atoms with Crippen LogP contribution in [0.25, 0.3) is 0 Å². The van der Waals surface area contributed by atoms with Crippen molar-refractivity contribution in [3.63, 3.8) is 0 Å². The molecule has 0 atom stereocenters. The van der Waals surface area contributed by atoms with Crippen molar-refractivity contribution < 1.29 is 9.66 Å². The fourth-order valence-electron chi connectivity index (χ4n) is 2.49. The van der Waals surface area contributed by atoms with Crippen molar-refractivity contribution in [3.8, 4) is 5.75 Å². The minimum Gasteiger partial charge on any atom is -0.485 e. The number of hydrogen-bond donors (Lipinski definition) is 0. The van der Waals surface area contributed by atoms with Crippen molar-refractivity contribution in [2.75, 3.05) is 11.9 Å². The minimum atomic E-state index is -0.471. The lowest BCUT2D eigenvalue weighted by molar-refractivity contribution is -0.386. The van der Waals surface area contributed by atoms with Crippen LogP contribution in [0.4, 0.5) is 5.69 Å². The zero-order valence-electron chi connectivity index (χ0n) is 10.7. The van der Waals surface area contributed by atoms with E-state index in [0.29, 0.717) is 16.1 Å². The first-order chi connectivity index (χ1) is 9.47. The molecule has 0 amide bonds. The van der Waals surface area contributed by atoms with Gasteiger partial charge in [0.15, 0.2) is 0 Å². The molecule has 0 N–H and O–H groups in total. The molecule has 1 aromatic rings. The lowest BCUT2D eigenvalue weighted by atomic mass is 9.90. The lowest BCUT2D eigenvalue weighted by Crippen LogP contribution is -2.27. The van der Waals surface area contributed by atoms with Crippen molar-refractivity contribution in [2.45, 2.75) is 25.7 Å². The van der Waals surface area contributed by atoms with Gasteiger partial charge in [-0.15, -0.1) is 0 Å². The summed E-state index contributed by atoms with van der Waals surface area (Å²) in [5.41, 5.74) is -0.0282. The normalized spacial score (nSPS) is 17.1.